The molecule has 57 heavy (non-hydrogen) atoms. The predicted octanol–water partition coefficient (Wildman–Crippen LogP) is 5.40. The molecular formula is C39H50ClN11O5S. The zero-order chi connectivity index (χ0) is 39.6. The SMILES string of the molecule is Cc1ccc(S(=O)(=O)n2ccc3nc(CNC(=O)[C@@H]4CC[C@@H](CNC(=O)OC(C)(C)C)C4)cnc32)cc1.Cl.NC[C@@H]1CCC(c2nnc3cnc4[nH]ccc4n23)C1. The van der Waals surface area contributed by atoms with Gasteiger partial charge >= 0.3 is 6.09 Å². The second-order valence-corrected chi connectivity index (χ2v) is 17.6. The Bertz CT molecular complexity index is 2460. The number of H-pyrrole nitrogens is 1. The van der Waals surface area contributed by atoms with Crippen LogP contribution in [-0.4, -0.2) is 77.6 Å². The largest absolute Gasteiger partial charge is 0.444 e. The Kier molecular flexibility index (Phi) is 12.5. The summed E-state index contributed by atoms with van der Waals surface area (Å²) in [4.78, 5) is 41.0. The number of nitrogens with zero attached hydrogens (tertiary/aromatic N) is 7. The molecule has 2 saturated carbocycles. The molecule has 2 aliphatic rings. The van der Waals surface area contributed by atoms with Crippen LogP contribution in [0.25, 0.3) is 28.0 Å². The van der Waals surface area contributed by atoms with E-state index in [-0.39, 0.29) is 47.2 Å². The molecule has 5 aromatic heterocycles. The van der Waals surface area contributed by atoms with Gasteiger partial charge < -0.3 is 26.1 Å². The van der Waals surface area contributed by atoms with Crippen LogP contribution in [0.5, 0.6) is 0 Å². The minimum Gasteiger partial charge on any atom is -0.444 e. The monoisotopic (exact) mass is 819 g/mol. The van der Waals surface area contributed by atoms with Crippen molar-refractivity contribution in [1.82, 2.24) is 49.1 Å². The molecule has 5 N–H and O–H groups in total. The van der Waals surface area contributed by atoms with Gasteiger partial charge in [-0.25, -0.2) is 32.1 Å². The Balaban J connectivity index is 0.000000228. The van der Waals surface area contributed by atoms with Crippen LogP contribution in [-0.2, 0) is 26.1 Å². The molecule has 0 aliphatic heterocycles. The summed E-state index contributed by atoms with van der Waals surface area (Å²) in [6.07, 6.45) is 11.9. The number of alkyl carbamates (subject to hydrolysis) is 1. The molecule has 0 bridgehead atoms. The number of rotatable bonds is 9. The van der Waals surface area contributed by atoms with Crippen LogP contribution in [0.15, 0.2) is 66.1 Å². The smallest absolute Gasteiger partial charge is 0.407 e. The fourth-order valence-electron chi connectivity index (χ4n) is 7.58. The Morgan fingerprint density at radius 3 is 2.47 bits per heavy atom. The van der Waals surface area contributed by atoms with Crippen LogP contribution in [0.2, 0.25) is 0 Å². The molecule has 0 spiro atoms. The number of carbonyl (C=O) groups excluding carboxylic acids is 2. The van der Waals surface area contributed by atoms with E-state index in [9.17, 15) is 18.0 Å². The third-order valence-electron chi connectivity index (χ3n) is 10.5. The van der Waals surface area contributed by atoms with Crippen molar-refractivity contribution in [3.63, 3.8) is 0 Å². The lowest BCUT2D eigenvalue weighted by Gasteiger charge is -2.20. The van der Waals surface area contributed by atoms with Gasteiger partial charge in [0.05, 0.1) is 35.0 Å². The standard InChI is InChI=1S/C26H33N5O5S.C13H16N6.ClH/c1-17-5-9-21(10-6-17)37(34,35)31-12-11-22-23(31)27-15-20(30-22)16-28-24(32)19-8-7-18(13-19)14-29-25(33)36-26(2,3)4;14-6-8-1-2-9(5-8)13-18-17-11-7-16-12-10(19(11)13)3-4-15-12;/h5-6,9-12,15,18-19H,7-8,13-14,16H2,1-4H3,(H,28,32)(H,29,33);3-4,7-9,15H,1-2,5-6,14H2;1H/t18-,19-;8-,9?;/m11./s1. The molecular weight excluding hydrogens is 770 g/mol. The van der Waals surface area contributed by atoms with Crippen LogP contribution >= 0.6 is 12.4 Å². The first kappa shape index (κ1) is 41.5. The average molecular weight is 820 g/mol. The second-order valence-electron chi connectivity index (χ2n) is 15.8. The van der Waals surface area contributed by atoms with E-state index in [0.717, 1.165) is 64.4 Å². The van der Waals surface area contributed by atoms with E-state index in [4.69, 9.17) is 10.5 Å². The maximum absolute atomic E-state index is 13.0. The molecule has 0 radical (unpaired) electrons. The highest BCUT2D eigenvalue weighted by atomic mass is 35.5. The molecule has 304 valence electrons. The lowest BCUT2D eigenvalue weighted by atomic mass is 10.0. The molecule has 0 saturated heterocycles. The Labute approximate surface area is 337 Å². The number of halogens is 1. The normalized spacial score (nSPS) is 19.6. The molecule has 4 atom stereocenters. The van der Waals surface area contributed by atoms with Gasteiger partial charge in [0.25, 0.3) is 10.0 Å². The first-order valence-electron chi connectivity index (χ1n) is 19.1. The van der Waals surface area contributed by atoms with Crippen molar-refractivity contribution in [3.8, 4) is 0 Å². The van der Waals surface area contributed by atoms with Crippen LogP contribution in [0.1, 0.15) is 82.3 Å². The summed E-state index contributed by atoms with van der Waals surface area (Å²) < 4.78 is 34.6. The van der Waals surface area contributed by atoms with Gasteiger partial charge in [0, 0.05) is 30.8 Å². The van der Waals surface area contributed by atoms with Crippen LogP contribution in [0.4, 0.5) is 4.79 Å². The number of benzene rings is 1. The van der Waals surface area contributed by atoms with Gasteiger partial charge in [0.1, 0.15) is 16.9 Å². The molecule has 18 heteroatoms. The maximum Gasteiger partial charge on any atom is 0.407 e. The number of hydrogen-bond acceptors (Lipinski definition) is 11. The van der Waals surface area contributed by atoms with Crippen molar-refractivity contribution < 1.29 is 22.7 Å². The molecule has 2 aliphatic carbocycles. The summed E-state index contributed by atoms with van der Waals surface area (Å²) in [6.45, 7) is 8.77. The van der Waals surface area contributed by atoms with E-state index in [1.165, 1.54) is 18.8 Å². The Hall–Kier alpha value is -5.13. The Morgan fingerprint density at radius 2 is 1.74 bits per heavy atom. The van der Waals surface area contributed by atoms with Crippen molar-refractivity contribution in [2.45, 2.75) is 89.2 Å². The highest BCUT2D eigenvalue weighted by Crippen LogP contribution is 2.37. The summed E-state index contributed by atoms with van der Waals surface area (Å²) in [7, 11) is -3.80. The topological polar surface area (TPSA) is 217 Å². The minimum absolute atomic E-state index is 0. The van der Waals surface area contributed by atoms with Crippen molar-refractivity contribution in [3.05, 3.63) is 78.3 Å². The third-order valence-corrected chi connectivity index (χ3v) is 12.2. The molecule has 6 aromatic rings. The predicted molar refractivity (Wildman–Crippen MR) is 217 cm³/mol. The van der Waals surface area contributed by atoms with Gasteiger partial charge in [-0.05, 0) is 109 Å². The lowest BCUT2D eigenvalue weighted by molar-refractivity contribution is -0.125. The average Bonchev–Trinajstić information content (AvgIpc) is 4.01. The van der Waals surface area contributed by atoms with E-state index in [1.54, 1.807) is 36.5 Å². The zero-order valence-electron chi connectivity index (χ0n) is 32.5. The van der Waals surface area contributed by atoms with E-state index >= 15 is 0 Å². The van der Waals surface area contributed by atoms with Gasteiger partial charge in [-0.2, -0.15) is 0 Å². The minimum atomic E-state index is -3.80. The summed E-state index contributed by atoms with van der Waals surface area (Å²) in [6, 6.07) is 10.2. The summed E-state index contributed by atoms with van der Waals surface area (Å²) in [5.74, 6) is 2.15. The zero-order valence-corrected chi connectivity index (χ0v) is 34.1. The number of aromatic nitrogens is 8. The van der Waals surface area contributed by atoms with E-state index < -0.39 is 21.7 Å². The first-order valence-corrected chi connectivity index (χ1v) is 20.5. The maximum atomic E-state index is 13.0. The molecule has 1 aromatic carbocycles. The van der Waals surface area contributed by atoms with Crippen molar-refractivity contribution in [2.75, 3.05) is 13.1 Å². The van der Waals surface area contributed by atoms with Crippen molar-refractivity contribution >= 4 is 62.4 Å². The number of aromatic amines is 1. The number of hydrogen-bond donors (Lipinski definition) is 4. The van der Waals surface area contributed by atoms with Gasteiger partial charge in [-0.1, -0.05) is 17.7 Å². The van der Waals surface area contributed by atoms with Gasteiger partial charge in [-0.15, -0.1) is 22.6 Å². The number of nitrogens with two attached hydrogens (primary N) is 1. The molecule has 2 fully saturated rings. The molecule has 16 nitrogen and oxygen atoms in total. The first-order chi connectivity index (χ1) is 26.8. The quantitative estimate of drug-likeness (QED) is 0.145. The molecule has 8 rings (SSSR count). The third kappa shape index (κ3) is 9.37. The van der Waals surface area contributed by atoms with Crippen molar-refractivity contribution in [1.29, 1.82) is 0 Å². The van der Waals surface area contributed by atoms with Crippen LogP contribution < -0.4 is 16.4 Å². The van der Waals surface area contributed by atoms with E-state index in [1.807, 2.05) is 40.0 Å². The fraction of sp³-hybridized carbons (Fsp3) is 0.462. The summed E-state index contributed by atoms with van der Waals surface area (Å²) in [5, 5.41) is 14.3. The Morgan fingerprint density at radius 1 is 0.965 bits per heavy atom. The van der Waals surface area contributed by atoms with Crippen LogP contribution in [0.3, 0.4) is 0 Å². The highest BCUT2D eigenvalue weighted by molar-refractivity contribution is 7.90. The lowest BCUT2D eigenvalue weighted by Crippen LogP contribution is -2.35. The second kappa shape index (κ2) is 17.2. The van der Waals surface area contributed by atoms with E-state index in [0.29, 0.717) is 36.0 Å². The number of fused-ring (bicyclic) bond motifs is 4. The number of amides is 2. The summed E-state index contributed by atoms with van der Waals surface area (Å²) in [5.41, 5.74) is 10.1. The van der Waals surface area contributed by atoms with Crippen LogP contribution in [0, 0.1) is 24.7 Å². The van der Waals surface area contributed by atoms with Gasteiger partial charge in [0.2, 0.25) is 5.91 Å². The fourth-order valence-corrected chi connectivity index (χ4v) is 8.87. The highest BCUT2D eigenvalue weighted by Gasteiger charge is 2.31. The number of nitrogens with one attached hydrogen (secondary N) is 3. The summed E-state index contributed by atoms with van der Waals surface area (Å²) >= 11 is 0. The van der Waals surface area contributed by atoms with Crippen molar-refractivity contribution in [2.24, 2.45) is 23.5 Å². The number of ether oxygens (including phenoxy) is 1. The van der Waals surface area contributed by atoms with E-state index in [2.05, 4.69) is 45.2 Å². The number of carbonyl (C=O) groups is 2. The number of aryl methyl sites for hydroxylation is 1. The molecule has 5 heterocycles. The molecule has 2 amide bonds. The molecule has 1 unspecified atom stereocenters. The van der Waals surface area contributed by atoms with Gasteiger partial charge in [0.15, 0.2) is 16.9 Å². The van der Waals surface area contributed by atoms with Gasteiger partial charge in [-0.3, -0.25) is 9.20 Å².